The molecule has 1 N–H and O–H groups in total. The zero-order valence-electron chi connectivity index (χ0n) is 11.5. The zero-order valence-corrected chi connectivity index (χ0v) is 11.5. The van der Waals surface area contributed by atoms with Crippen LogP contribution in [0.3, 0.4) is 0 Å². The lowest BCUT2D eigenvalue weighted by Gasteiger charge is -2.11. The fourth-order valence-corrected chi connectivity index (χ4v) is 1.87. The first-order valence-corrected chi connectivity index (χ1v) is 6.42. The highest BCUT2D eigenvalue weighted by molar-refractivity contribution is 5.86. The van der Waals surface area contributed by atoms with Crippen molar-refractivity contribution in [3.8, 4) is 0 Å². The molecule has 0 unspecified atom stereocenters. The number of carboxylic acids is 1. The minimum atomic E-state index is -2.72. The van der Waals surface area contributed by atoms with Crippen molar-refractivity contribution >= 4 is 18.0 Å². The minimum Gasteiger partial charge on any atom is -0.478 e. The van der Waals surface area contributed by atoms with E-state index in [2.05, 4.69) is 0 Å². The van der Waals surface area contributed by atoms with Crippen molar-refractivity contribution in [1.82, 2.24) is 0 Å². The van der Waals surface area contributed by atoms with Gasteiger partial charge in [0.15, 0.2) is 0 Å². The summed E-state index contributed by atoms with van der Waals surface area (Å²) in [4.78, 5) is 21.9. The van der Waals surface area contributed by atoms with Crippen LogP contribution in [-0.2, 0) is 20.7 Å². The Labute approximate surface area is 121 Å². The van der Waals surface area contributed by atoms with Gasteiger partial charge in [0.05, 0.1) is 6.61 Å². The molecule has 0 fully saturated rings. The molecule has 0 amide bonds. The number of hydrogen-bond donors (Lipinski definition) is 1. The van der Waals surface area contributed by atoms with Crippen LogP contribution >= 0.6 is 0 Å². The molecule has 0 aliphatic carbocycles. The second-order valence-corrected chi connectivity index (χ2v) is 4.20. The molecule has 0 aliphatic heterocycles. The van der Waals surface area contributed by atoms with E-state index in [1.54, 1.807) is 13.0 Å². The van der Waals surface area contributed by atoms with Gasteiger partial charge in [-0.1, -0.05) is 18.2 Å². The maximum absolute atomic E-state index is 13.0. The third-order valence-electron chi connectivity index (χ3n) is 2.76. The lowest BCUT2D eigenvalue weighted by Crippen LogP contribution is -2.06. The van der Waals surface area contributed by atoms with Crippen LogP contribution in [0, 0.1) is 0 Å². The predicted molar refractivity (Wildman–Crippen MR) is 73.0 cm³/mol. The van der Waals surface area contributed by atoms with E-state index in [1.807, 2.05) is 0 Å². The minimum absolute atomic E-state index is 0.0500. The van der Waals surface area contributed by atoms with Gasteiger partial charge in [0.1, 0.15) is 0 Å². The number of alkyl halides is 2. The van der Waals surface area contributed by atoms with Gasteiger partial charge in [-0.2, -0.15) is 0 Å². The van der Waals surface area contributed by atoms with Gasteiger partial charge in [0, 0.05) is 18.1 Å². The van der Waals surface area contributed by atoms with E-state index in [4.69, 9.17) is 9.84 Å². The molecule has 4 nitrogen and oxygen atoms in total. The maximum atomic E-state index is 13.0. The highest BCUT2D eigenvalue weighted by Crippen LogP contribution is 2.27. The Morgan fingerprint density at radius 3 is 2.67 bits per heavy atom. The molecule has 0 saturated carbocycles. The number of benzene rings is 1. The van der Waals surface area contributed by atoms with Crippen molar-refractivity contribution in [2.45, 2.75) is 26.2 Å². The summed E-state index contributed by atoms with van der Waals surface area (Å²) in [6.07, 6.45) is -0.534. The molecular formula is C15H16F2O4. The van der Waals surface area contributed by atoms with Crippen LogP contribution in [0.5, 0.6) is 0 Å². The van der Waals surface area contributed by atoms with Crippen molar-refractivity contribution in [3.05, 3.63) is 41.0 Å². The second kappa shape index (κ2) is 8.14. The first kappa shape index (κ1) is 16.8. The number of halogens is 2. The zero-order chi connectivity index (χ0) is 15.8. The molecular weight excluding hydrogens is 282 g/mol. The van der Waals surface area contributed by atoms with E-state index in [9.17, 15) is 18.4 Å². The van der Waals surface area contributed by atoms with Gasteiger partial charge in [0.25, 0.3) is 6.43 Å². The first-order valence-electron chi connectivity index (χ1n) is 6.42. The Kier molecular flexibility index (Phi) is 6.52. The van der Waals surface area contributed by atoms with Crippen LogP contribution in [0.4, 0.5) is 8.78 Å². The predicted octanol–water partition coefficient (Wildman–Crippen LogP) is 3.22. The maximum Gasteiger partial charge on any atom is 0.328 e. The molecule has 1 aromatic rings. The molecule has 21 heavy (non-hydrogen) atoms. The first-order chi connectivity index (χ1) is 9.95. The fourth-order valence-electron chi connectivity index (χ4n) is 1.87. The molecule has 0 spiro atoms. The van der Waals surface area contributed by atoms with Crippen LogP contribution in [0.1, 0.15) is 36.5 Å². The molecule has 0 aliphatic rings. The highest BCUT2D eigenvalue weighted by Gasteiger charge is 2.15. The van der Waals surface area contributed by atoms with Crippen molar-refractivity contribution in [3.63, 3.8) is 0 Å². The molecule has 1 aromatic carbocycles. The van der Waals surface area contributed by atoms with Crippen LogP contribution < -0.4 is 0 Å². The second-order valence-electron chi connectivity index (χ2n) is 4.20. The summed E-state index contributed by atoms with van der Waals surface area (Å²) >= 11 is 0. The molecule has 0 radical (unpaired) electrons. The quantitative estimate of drug-likeness (QED) is 0.620. The molecule has 0 aromatic heterocycles. The van der Waals surface area contributed by atoms with Gasteiger partial charge < -0.3 is 9.84 Å². The molecule has 1 rings (SSSR count). The molecule has 6 heteroatoms. The topological polar surface area (TPSA) is 63.6 Å². The van der Waals surface area contributed by atoms with E-state index in [1.165, 1.54) is 12.1 Å². The Morgan fingerprint density at radius 2 is 2.10 bits per heavy atom. The Balaban J connectivity index is 3.04. The van der Waals surface area contributed by atoms with Gasteiger partial charge in [-0.25, -0.2) is 13.6 Å². The van der Waals surface area contributed by atoms with Crippen LogP contribution in [-0.4, -0.2) is 23.7 Å². The van der Waals surface area contributed by atoms with Crippen molar-refractivity contribution < 1.29 is 28.2 Å². The highest BCUT2D eigenvalue weighted by atomic mass is 19.3. The summed E-state index contributed by atoms with van der Waals surface area (Å²) < 4.78 is 30.7. The van der Waals surface area contributed by atoms with Crippen LogP contribution in [0.15, 0.2) is 24.3 Å². The van der Waals surface area contributed by atoms with Gasteiger partial charge in [0.2, 0.25) is 0 Å². The smallest absolute Gasteiger partial charge is 0.328 e. The third-order valence-corrected chi connectivity index (χ3v) is 2.76. The number of hydrogen-bond acceptors (Lipinski definition) is 3. The van der Waals surface area contributed by atoms with E-state index in [0.717, 1.165) is 12.2 Å². The number of carbonyl (C=O) groups is 2. The average molecular weight is 298 g/mol. The summed E-state index contributed by atoms with van der Waals surface area (Å²) in [7, 11) is 0. The number of aryl methyl sites for hydroxylation is 1. The number of carbonyl (C=O) groups excluding carboxylic acids is 1. The Bertz CT molecular complexity index is 538. The fraction of sp³-hybridized carbons (Fsp3) is 0.333. The van der Waals surface area contributed by atoms with Crippen molar-refractivity contribution in [1.29, 1.82) is 0 Å². The molecule has 0 saturated heterocycles. The van der Waals surface area contributed by atoms with Crippen molar-refractivity contribution in [2.24, 2.45) is 0 Å². The van der Waals surface area contributed by atoms with Crippen molar-refractivity contribution in [2.75, 3.05) is 6.61 Å². The molecule has 0 bridgehead atoms. The van der Waals surface area contributed by atoms with Crippen LogP contribution in [0.25, 0.3) is 6.08 Å². The van der Waals surface area contributed by atoms with E-state index in [0.29, 0.717) is 5.56 Å². The summed E-state index contributed by atoms with van der Waals surface area (Å²) in [5, 5.41) is 8.63. The lowest BCUT2D eigenvalue weighted by atomic mass is 9.97. The molecule has 0 atom stereocenters. The average Bonchev–Trinajstić information content (AvgIpc) is 2.43. The van der Waals surface area contributed by atoms with E-state index in [-0.39, 0.29) is 30.6 Å². The number of esters is 1. The van der Waals surface area contributed by atoms with Gasteiger partial charge in [-0.3, -0.25) is 4.79 Å². The summed E-state index contributed by atoms with van der Waals surface area (Å²) in [5.41, 5.74) is 0.367. The van der Waals surface area contributed by atoms with E-state index < -0.39 is 18.4 Å². The monoisotopic (exact) mass is 298 g/mol. The number of rotatable bonds is 7. The lowest BCUT2D eigenvalue weighted by molar-refractivity contribution is -0.143. The van der Waals surface area contributed by atoms with Gasteiger partial charge in [-0.05, 0) is 30.5 Å². The van der Waals surface area contributed by atoms with Crippen LogP contribution in [0.2, 0.25) is 0 Å². The summed E-state index contributed by atoms with van der Waals surface area (Å²) in [6.45, 7) is 1.93. The largest absolute Gasteiger partial charge is 0.478 e. The Hall–Kier alpha value is -2.24. The van der Waals surface area contributed by atoms with Gasteiger partial charge in [-0.15, -0.1) is 0 Å². The normalized spacial score (nSPS) is 11.0. The Morgan fingerprint density at radius 1 is 1.38 bits per heavy atom. The third kappa shape index (κ3) is 5.33. The molecule has 114 valence electrons. The van der Waals surface area contributed by atoms with Gasteiger partial charge >= 0.3 is 11.9 Å². The summed E-state index contributed by atoms with van der Waals surface area (Å²) in [5.74, 6) is -1.65. The van der Waals surface area contributed by atoms with E-state index >= 15 is 0 Å². The molecule has 0 heterocycles. The summed E-state index contributed by atoms with van der Waals surface area (Å²) in [6, 6.07) is 4.28. The number of carboxylic acid groups (broad SMARTS) is 1. The number of aliphatic carboxylic acids is 1. The number of ether oxygens (including phenoxy) is 1. The SMILES string of the molecule is CCOC(=O)CCc1cccc(C(F)F)c1/C=C/C(=O)O. The standard InChI is InChI=1S/C15H16F2O4/c1-2-21-14(20)9-6-10-4-3-5-12(15(16)17)11(10)7-8-13(18)19/h3-5,7-8,15H,2,6,9H2,1H3,(H,18,19)/b8-7+.